The van der Waals surface area contributed by atoms with Gasteiger partial charge in [-0.25, -0.2) is 4.98 Å². The van der Waals surface area contributed by atoms with E-state index in [1.54, 1.807) is 4.90 Å². The molecular weight excluding hydrogens is 250 g/mol. The van der Waals surface area contributed by atoms with Crippen molar-refractivity contribution in [3.8, 4) is 11.1 Å². The molecule has 1 unspecified atom stereocenters. The third kappa shape index (κ3) is 2.42. The number of aromatic nitrogens is 1. The number of carbonyl (C=O) groups excluding carboxylic acids is 1. The van der Waals surface area contributed by atoms with Gasteiger partial charge < -0.3 is 5.73 Å². The Labute approximate surface area is 118 Å². The van der Waals surface area contributed by atoms with Crippen LogP contribution in [0, 0.1) is 5.92 Å². The van der Waals surface area contributed by atoms with Gasteiger partial charge in [0.1, 0.15) is 5.82 Å². The lowest BCUT2D eigenvalue weighted by atomic mass is 10.1. The number of nitrogens with zero attached hydrogens (tertiary/aromatic N) is 2. The molecule has 1 saturated heterocycles. The lowest BCUT2D eigenvalue weighted by Gasteiger charge is -2.15. The fraction of sp³-hybridized carbons (Fsp3) is 0.250. The van der Waals surface area contributed by atoms with Crippen LogP contribution in [-0.2, 0) is 4.79 Å². The SMILES string of the molecule is NCC1CC(=O)N(c2ccc(-c3ccccc3)cn2)C1. The zero-order valence-electron chi connectivity index (χ0n) is 11.2. The second kappa shape index (κ2) is 5.43. The van der Waals surface area contributed by atoms with Crippen LogP contribution in [0.5, 0.6) is 0 Å². The minimum atomic E-state index is 0.111. The third-order valence-corrected chi connectivity index (χ3v) is 3.67. The molecule has 1 fully saturated rings. The topological polar surface area (TPSA) is 59.2 Å². The number of anilines is 1. The molecule has 1 aromatic heterocycles. The van der Waals surface area contributed by atoms with E-state index in [4.69, 9.17) is 5.73 Å². The summed E-state index contributed by atoms with van der Waals surface area (Å²) in [6.07, 6.45) is 2.34. The van der Waals surface area contributed by atoms with Gasteiger partial charge in [0, 0.05) is 24.7 Å². The van der Waals surface area contributed by atoms with Crippen molar-refractivity contribution in [3.05, 3.63) is 48.7 Å². The van der Waals surface area contributed by atoms with Crippen LogP contribution in [0.2, 0.25) is 0 Å². The Morgan fingerprint density at radius 3 is 2.55 bits per heavy atom. The van der Waals surface area contributed by atoms with E-state index in [0.29, 0.717) is 25.3 Å². The second-order valence-corrected chi connectivity index (χ2v) is 5.08. The van der Waals surface area contributed by atoms with Gasteiger partial charge in [0.05, 0.1) is 0 Å². The molecule has 0 spiro atoms. The van der Waals surface area contributed by atoms with Crippen LogP contribution in [-0.4, -0.2) is 24.0 Å². The van der Waals surface area contributed by atoms with Gasteiger partial charge in [0.25, 0.3) is 0 Å². The maximum Gasteiger partial charge on any atom is 0.228 e. The highest BCUT2D eigenvalue weighted by Gasteiger charge is 2.30. The number of pyridine rings is 1. The average Bonchev–Trinajstić information content (AvgIpc) is 2.89. The van der Waals surface area contributed by atoms with E-state index < -0.39 is 0 Å². The first-order valence-corrected chi connectivity index (χ1v) is 6.80. The molecule has 2 heterocycles. The molecule has 2 N–H and O–H groups in total. The van der Waals surface area contributed by atoms with Crippen LogP contribution in [0.25, 0.3) is 11.1 Å². The Hall–Kier alpha value is -2.20. The molecule has 1 aliphatic rings. The molecule has 1 aromatic carbocycles. The highest BCUT2D eigenvalue weighted by atomic mass is 16.2. The molecule has 1 amide bonds. The maximum absolute atomic E-state index is 11.9. The van der Waals surface area contributed by atoms with Gasteiger partial charge >= 0.3 is 0 Å². The fourth-order valence-corrected chi connectivity index (χ4v) is 2.51. The number of amides is 1. The quantitative estimate of drug-likeness (QED) is 0.926. The first kappa shape index (κ1) is 12.8. The van der Waals surface area contributed by atoms with Crippen molar-refractivity contribution in [1.82, 2.24) is 4.98 Å². The van der Waals surface area contributed by atoms with Gasteiger partial charge in [-0.1, -0.05) is 30.3 Å². The zero-order chi connectivity index (χ0) is 13.9. The van der Waals surface area contributed by atoms with Gasteiger partial charge in [0.2, 0.25) is 5.91 Å². The van der Waals surface area contributed by atoms with Crippen molar-refractivity contribution < 1.29 is 4.79 Å². The number of rotatable bonds is 3. The van der Waals surface area contributed by atoms with Crippen molar-refractivity contribution in [1.29, 1.82) is 0 Å². The van der Waals surface area contributed by atoms with Crippen LogP contribution >= 0.6 is 0 Å². The second-order valence-electron chi connectivity index (χ2n) is 5.08. The maximum atomic E-state index is 11.9. The summed E-state index contributed by atoms with van der Waals surface area (Å²) >= 11 is 0. The van der Waals surface area contributed by atoms with Crippen molar-refractivity contribution in [3.63, 3.8) is 0 Å². The van der Waals surface area contributed by atoms with Crippen molar-refractivity contribution in [2.45, 2.75) is 6.42 Å². The van der Waals surface area contributed by atoms with E-state index in [2.05, 4.69) is 4.98 Å². The van der Waals surface area contributed by atoms with Crippen molar-refractivity contribution in [2.75, 3.05) is 18.0 Å². The molecule has 20 heavy (non-hydrogen) atoms. The van der Waals surface area contributed by atoms with Gasteiger partial charge in [-0.3, -0.25) is 9.69 Å². The molecule has 2 aromatic rings. The van der Waals surface area contributed by atoms with Crippen molar-refractivity contribution >= 4 is 11.7 Å². The molecule has 0 saturated carbocycles. The van der Waals surface area contributed by atoms with Gasteiger partial charge in [-0.2, -0.15) is 0 Å². The summed E-state index contributed by atoms with van der Waals surface area (Å²) in [6.45, 7) is 1.22. The Kier molecular flexibility index (Phi) is 3.48. The first-order valence-electron chi connectivity index (χ1n) is 6.80. The lowest BCUT2D eigenvalue weighted by molar-refractivity contribution is -0.117. The average molecular weight is 267 g/mol. The first-order chi connectivity index (χ1) is 9.78. The molecule has 0 bridgehead atoms. The smallest absolute Gasteiger partial charge is 0.228 e. The molecule has 3 rings (SSSR count). The summed E-state index contributed by atoms with van der Waals surface area (Å²) in [5.74, 6) is 1.07. The van der Waals surface area contributed by atoms with E-state index in [1.165, 1.54) is 0 Å². The monoisotopic (exact) mass is 267 g/mol. The van der Waals surface area contributed by atoms with E-state index in [1.807, 2.05) is 48.7 Å². The normalized spacial score (nSPS) is 18.6. The molecule has 102 valence electrons. The molecule has 0 radical (unpaired) electrons. The number of carbonyl (C=O) groups is 1. The number of hydrogen-bond donors (Lipinski definition) is 1. The fourth-order valence-electron chi connectivity index (χ4n) is 2.51. The van der Waals surface area contributed by atoms with Crippen LogP contribution in [0.3, 0.4) is 0 Å². The summed E-state index contributed by atoms with van der Waals surface area (Å²) in [5, 5.41) is 0. The van der Waals surface area contributed by atoms with Crippen LogP contribution < -0.4 is 10.6 Å². The molecule has 4 heteroatoms. The Morgan fingerprint density at radius 1 is 1.15 bits per heavy atom. The largest absolute Gasteiger partial charge is 0.330 e. The zero-order valence-corrected chi connectivity index (χ0v) is 11.2. The number of nitrogens with two attached hydrogens (primary N) is 1. The van der Waals surface area contributed by atoms with Gasteiger partial charge in [-0.05, 0) is 30.2 Å². The molecule has 4 nitrogen and oxygen atoms in total. The Bertz CT molecular complexity index is 595. The molecule has 0 aliphatic carbocycles. The Morgan fingerprint density at radius 2 is 1.95 bits per heavy atom. The number of benzene rings is 1. The standard InChI is InChI=1S/C16H17N3O/c17-9-12-8-16(20)19(11-12)15-7-6-14(10-18-15)13-4-2-1-3-5-13/h1-7,10,12H,8-9,11,17H2. The molecule has 1 aliphatic heterocycles. The summed E-state index contributed by atoms with van der Waals surface area (Å²) in [7, 11) is 0. The van der Waals surface area contributed by atoms with E-state index in [9.17, 15) is 4.79 Å². The summed E-state index contributed by atoms with van der Waals surface area (Å²) < 4.78 is 0. The molecule has 1 atom stereocenters. The van der Waals surface area contributed by atoms with Crippen LogP contribution in [0.1, 0.15) is 6.42 Å². The van der Waals surface area contributed by atoms with E-state index >= 15 is 0 Å². The highest BCUT2D eigenvalue weighted by Crippen LogP contribution is 2.25. The summed E-state index contributed by atoms with van der Waals surface area (Å²) in [6, 6.07) is 14.0. The van der Waals surface area contributed by atoms with Crippen LogP contribution in [0.4, 0.5) is 5.82 Å². The van der Waals surface area contributed by atoms with Gasteiger partial charge in [-0.15, -0.1) is 0 Å². The van der Waals surface area contributed by atoms with Gasteiger partial charge in [0.15, 0.2) is 0 Å². The summed E-state index contributed by atoms with van der Waals surface area (Å²) in [4.78, 5) is 18.1. The molecular formula is C16H17N3O. The predicted octanol–water partition coefficient (Wildman–Crippen LogP) is 2.06. The lowest BCUT2D eigenvalue weighted by Crippen LogP contribution is -2.26. The predicted molar refractivity (Wildman–Crippen MR) is 79.2 cm³/mol. The minimum absolute atomic E-state index is 0.111. The third-order valence-electron chi connectivity index (χ3n) is 3.67. The van der Waals surface area contributed by atoms with E-state index in [-0.39, 0.29) is 11.8 Å². The Balaban J connectivity index is 1.82. The highest BCUT2D eigenvalue weighted by molar-refractivity contribution is 5.95. The van der Waals surface area contributed by atoms with Crippen molar-refractivity contribution in [2.24, 2.45) is 11.7 Å². The van der Waals surface area contributed by atoms with E-state index in [0.717, 1.165) is 11.1 Å². The summed E-state index contributed by atoms with van der Waals surface area (Å²) in [5.41, 5.74) is 7.81. The minimum Gasteiger partial charge on any atom is -0.330 e. The van der Waals surface area contributed by atoms with Crippen LogP contribution in [0.15, 0.2) is 48.7 Å². The number of hydrogen-bond acceptors (Lipinski definition) is 3.